The van der Waals surface area contributed by atoms with Gasteiger partial charge in [0.15, 0.2) is 0 Å². The van der Waals surface area contributed by atoms with Gasteiger partial charge < -0.3 is 9.84 Å². The van der Waals surface area contributed by atoms with Gasteiger partial charge in [-0.25, -0.2) is 0 Å². The van der Waals surface area contributed by atoms with Crippen LogP contribution >= 0.6 is 0 Å². The molecule has 1 saturated heterocycles. The lowest BCUT2D eigenvalue weighted by Crippen LogP contribution is -2.40. The average molecular weight is 173 g/mol. The molecule has 3 nitrogen and oxygen atoms in total. The van der Waals surface area contributed by atoms with Crippen LogP contribution in [0.15, 0.2) is 0 Å². The quantitative estimate of drug-likeness (QED) is 0.671. The molecule has 0 aromatic carbocycles. The molecule has 1 N–H and O–H groups in total. The van der Waals surface area contributed by atoms with Crippen LogP contribution in [0, 0.1) is 0 Å². The number of hydrogen-bond donors (Lipinski definition) is 1. The molecule has 0 amide bonds. The van der Waals surface area contributed by atoms with E-state index < -0.39 is 0 Å². The number of piperidine rings is 1. The highest BCUT2D eigenvalue weighted by Gasteiger charge is 2.18. The lowest BCUT2D eigenvalue weighted by molar-refractivity contribution is 0.00217. The van der Waals surface area contributed by atoms with E-state index in [0.29, 0.717) is 6.10 Å². The predicted molar refractivity (Wildman–Crippen MR) is 48.2 cm³/mol. The molecule has 3 heteroatoms. The zero-order valence-electron chi connectivity index (χ0n) is 7.83. The van der Waals surface area contributed by atoms with Crippen LogP contribution in [0.25, 0.3) is 0 Å². The van der Waals surface area contributed by atoms with Crippen molar-refractivity contribution in [2.45, 2.75) is 25.9 Å². The van der Waals surface area contributed by atoms with E-state index >= 15 is 0 Å². The molecule has 0 spiro atoms. The van der Waals surface area contributed by atoms with E-state index in [9.17, 15) is 0 Å². The molecule has 1 fully saturated rings. The van der Waals surface area contributed by atoms with Gasteiger partial charge in [-0.15, -0.1) is 0 Å². The molecule has 1 aliphatic heterocycles. The van der Waals surface area contributed by atoms with Gasteiger partial charge in [0.05, 0.1) is 12.7 Å². The molecular weight excluding hydrogens is 154 g/mol. The summed E-state index contributed by atoms with van der Waals surface area (Å²) >= 11 is 0. The molecule has 1 unspecified atom stereocenters. The van der Waals surface area contributed by atoms with Crippen molar-refractivity contribution in [3.63, 3.8) is 0 Å². The van der Waals surface area contributed by atoms with Gasteiger partial charge in [-0.05, 0) is 26.3 Å². The largest absolute Gasteiger partial charge is 0.395 e. The molecule has 1 aliphatic rings. The molecule has 0 aliphatic carbocycles. The Morgan fingerprint density at radius 3 is 3.08 bits per heavy atom. The number of ether oxygens (including phenoxy) is 1. The van der Waals surface area contributed by atoms with Gasteiger partial charge in [-0.2, -0.15) is 0 Å². The summed E-state index contributed by atoms with van der Waals surface area (Å²) < 4.78 is 5.54. The Morgan fingerprint density at radius 1 is 1.58 bits per heavy atom. The van der Waals surface area contributed by atoms with Gasteiger partial charge in [0.2, 0.25) is 0 Å². The predicted octanol–water partition coefficient (Wildman–Crippen LogP) is 0.480. The van der Waals surface area contributed by atoms with Crippen LogP contribution in [0.2, 0.25) is 0 Å². The third kappa shape index (κ3) is 3.09. The SMILES string of the molecule is CCOC1CCCN(CCO)C1. The molecule has 1 rings (SSSR count). The third-order valence-electron chi connectivity index (χ3n) is 2.28. The molecule has 0 bridgehead atoms. The molecule has 0 aromatic heterocycles. The van der Waals surface area contributed by atoms with E-state index in [-0.39, 0.29) is 6.61 Å². The maximum Gasteiger partial charge on any atom is 0.0702 e. The Bertz CT molecular complexity index is 103. The van der Waals surface area contributed by atoms with E-state index in [1.165, 1.54) is 12.8 Å². The normalized spacial score (nSPS) is 26.0. The minimum atomic E-state index is 0.263. The summed E-state index contributed by atoms with van der Waals surface area (Å²) in [6, 6.07) is 0. The van der Waals surface area contributed by atoms with Crippen molar-refractivity contribution < 1.29 is 9.84 Å². The number of β-amino-alcohol motifs (C(OH)–C–C–N with tert-alkyl or cyclic N) is 1. The second-order valence-electron chi connectivity index (χ2n) is 3.24. The molecule has 0 saturated carbocycles. The summed E-state index contributed by atoms with van der Waals surface area (Å²) in [6.07, 6.45) is 2.77. The van der Waals surface area contributed by atoms with Gasteiger partial charge in [-0.3, -0.25) is 4.90 Å². The summed E-state index contributed by atoms with van der Waals surface area (Å²) in [4.78, 5) is 2.27. The Balaban J connectivity index is 2.20. The van der Waals surface area contributed by atoms with E-state index in [2.05, 4.69) is 4.90 Å². The fourth-order valence-electron chi connectivity index (χ4n) is 1.73. The minimum Gasteiger partial charge on any atom is -0.395 e. The lowest BCUT2D eigenvalue weighted by atomic mass is 10.1. The summed E-state index contributed by atoms with van der Waals surface area (Å²) in [5.41, 5.74) is 0. The van der Waals surface area contributed by atoms with Crippen LogP contribution in [-0.4, -0.2) is 49.0 Å². The first kappa shape index (κ1) is 9.96. The number of likely N-dealkylation sites (tertiary alicyclic amines) is 1. The van der Waals surface area contributed by atoms with Gasteiger partial charge in [0, 0.05) is 19.7 Å². The summed E-state index contributed by atoms with van der Waals surface area (Å²) in [6.45, 7) is 6.00. The third-order valence-corrected chi connectivity index (χ3v) is 2.28. The van der Waals surface area contributed by atoms with Crippen LogP contribution in [0.3, 0.4) is 0 Å². The van der Waals surface area contributed by atoms with Crippen molar-refractivity contribution in [3.8, 4) is 0 Å². The number of rotatable bonds is 4. The van der Waals surface area contributed by atoms with Gasteiger partial charge in [0.1, 0.15) is 0 Å². The first-order valence-corrected chi connectivity index (χ1v) is 4.81. The maximum absolute atomic E-state index is 8.75. The minimum absolute atomic E-state index is 0.263. The van der Waals surface area contributed by atoms with Crippen LogP contribution in [-0.2, 0) is 4.74 Å². The molecule has 1 atom stereocenters. The number of nitrogens with zero attached hydrogens (tertiary/aromatic N) is 1. The smallest absolute Gasteiger partial charge is 0.0702 e. The van der Waals surface area contributed by atoms with E-state index in [0.717, 1.165) is 26.2 Å². The van der Waals surface area contributed by atoms with E-state index in [1.807, 2.05) is 6.92 Å². The van der Waals surface area contributed by atoms with Crippen LogP contribution in [0.4, 0.5) is 0 Å². The standard InChI is InChI=1S/C9H19NO2/c1-2-12-9-4-3-5-10(8-9)6-7-11/h9,11H,2-8H2,1H3. The maximum atomic E-state index is 8.75. The lowest BCUT2D eigenvalue weighted by Gasteiger charge is -2.31. The number of hydrogen-bond acceptors (Lipinski definition) is 3. The van der Waals surface area contributed by atoms with Crippen molar-refractivity contribution >= 4 is 0 Å². The summed E-state index contributed by atoms with van der Waals surface area (Å²) in [5, 5.41) is 8.75. The molecule has 12 heavy (non-hydrogen) atoms. The molecule has 0 radical (unpaired) electrons. The van der Waals surface area contributed by atoms with Gasteiger partial charge in [-0.1, -0.05) is 0 Å². The second-order valence-corrected chi connectivity index (χ2v) is 3.24. The van der Waals surface area contributed by atoms with Crippen molar-refractivity contribution in [1.29, 1.82) is 0 Å². The van der Waals surface area contributed by atoms with Crippen molar-refractivity contribution in [3.05, 3.63) is 0 Å². The molecule has 0 aromatic rings. The van der Waals surface area contributed by atoms with E-state index in [1.54, 1.807) is 0 Å². The Labute approximate surface area is 74.3 Å². The molecule has 72 valence electrons. The van der Waals surface area contributed by atoms with Crippen LogP contribution in [0.1, 0.15) is 19.8 Å². The first-order chi connectivity index (χ1) is 5.86. The Morgan fingerprint density at radius 2 is 2.42 bits per heavy atom. The Hall–Kier alpha value is -0.120. The molecule has 1 heterocycles. The van der Waals surface area contributed by atoms with Gasteiger partial charge >= 0.3 is 0 Å². The fourth-order valence-corrected chi connectivity index (χ4v) is 1.73. The summed E-state index contributed by atoms with van der Waals surface area (Å²) in [5.74, 6) is 0. The van der Waals surface area contributed by atoms with Crippen LogP contribution < -0.4 is 0 Å². The monoisotopic (exact) mass is 173 g/mol. The van der Waals surface area contributed by atoms with Crippen LogP contribution in [0.5, 0.6) is 0 Å². The Kier molecular flexibility index (Phi) is 4.58. The van der Waals surface area contributed by atoms with Crippen molar-refractivity contribution in [1.82, 2.24) is 4.90 Å². The fraction of sp³-hybridized carbons (Fsp3) is 1.00. The number of aliphatic hydroxyl groups excluding tert-OH is 1. The second kappa shape index (κ2) is 5.51. The zero-order valence-corrected chi connectivity index (χ0v) is 7.83. The number of aliphatic hydroxyl groups is 1. The molecular formula is C9H19NO2. The average Bonchev–Trinajstić information content (AvgIpc) is 2.06. The van der Waals surface area contributed by atoms with Crippen molar-refractivity contribution in [2.24, 2.45) is 0 Å². The van der Waals surface area contributed by atoms with Gasteiger partial charge in [0.25, 0.3) is 0 Å². The highest BCUT2D eigenvalue weighted by Crippen LogP contribution is 2.12. The topological polar surface area (TPSA) is 32.7 Å². The van der Waals surface area contributed by atoms with Crippen molar-refractivity contribution in [2.75, 3.05) is 32.8 Å². The zero-order chi connectivity index (χ0) is 8.81. The highest BCUT2D eigenvalue weighted by atomic mass is 16.5. The first-order valence-electron chi connectivity index (χ1n) is 4.81. The van der Waals surface area contributed by atoms with E-state index in [4.69, 9.17) is 9.84 Å². The highest BCUT2D eigenvalue weighted by molar-refractivity contribution is 4.72. The summed E-state index contributed by atoms with van der Waals surface area (Å²) in [7, 11) is 0.